The second-order valence-electron chi connectivity index (χ2n) is 7.32. The second-order valence-corrected chi connectivity index (χ2v) is 8.24. The van der Waals surface area contributed by atoms with Crippen molar-refractivity contribution in [2.45, 2.75) is 58.0 Å². The van der Waals surface area contributed by atoms with Gasteiger partial charge in [0.05, 0.1) is 0 Å². The van der Waals surface area contributed by atoms with Crippen LogP contribution in [0.2, 0.25) is 0 Å². The lowest BCUT2D eigenvalue weighted by molar-refractivity contribution is 0.125. The molecule has 0 spiro atoms. The maximum atomic E-state index is 6.32. The highest BCUT2D eigenvalue weighted by atomic mass is 79.9. The molecule has 0 aliphatic heterocycles. The Bertz CT molecular complexity index is 431. The van der Waals surface area contributed by atoms with Gasteiger partial charge < -0.3 is 10.6 Å². The lowest BCUT2D eigenvalue weighted by Gasteiger charge is -2.39. The number of hydrogen-bond acceptors (Lipinski definition) is 2. The molecule has 1 aliphatic carbocycles. The van der Waals surface area contributed by atoms with Crippen LogP contribution in [0.3, 0.4) is 0 Å². The van der Waals surface area contributed by atoms with E-state index in [4.69, 9.17) is 5.73 Å². The molecule has 1 saturated carbocycles. The third kappa shape index (κ3) is 5.08. The third-order valence-corrected chi connectivity index (χ3v) is 5.55. The summed E-state index contributed by atoms with van der Waals surface area (Å²) in [6, 6.07) is 9.27. The summed E-state index contributed by atoms with van der Waals surface area (Å²) in [5, 5.41) is 0. The number of halogens is 1. The maximum Gasteiger partial charge on any atom is 0.0307 e. The van der Waals surface area contributed by atoms with Crippen molar-refractivity contribution in [2.24, 2.45) is 11.1 Å². The van der Waals surface area contributed by atoms with Gasteiger partial charge in [-0.3, -0.25) is 0 Å². The monoisotopic (exact) mass is 352 g/mol. The first kappa shape index (κ1) is 17.0. The molecule has 1 unspecified atom stereocenters. The molecule has 0 amide bonds. The van der Waals surface area contributed by atoms with Crippen LogP contribution in [0, 0.1) is 5.41 Å². The summed E-state index contributed by atoms with van der Waals surface area (Å²) in [7, 11) is 2.26. The van der Waals surface area contributed by atoms with Crippen LogP contribution < -0.4 is 5.73 Å². The normalized spacial score (nSPS) is 20.7. The van der Waals surface area contributed by atoms with Gasteiger partial charge in [0.2, 0.25) is 0 Å². The molecular weight excluding hydrogens is 324 g/mol. The van der Waals surface area contributed by atoms with Gasteiger partial charge in [-0.1, -0.05) is 41.9 Å². The molecule has 1 aromatic carbocycles. The zero-order valence-electron chi connectivity index (χ0n) is 13.6. The predicted molar refractivity (Wildman–Crippen MR) is 94.4 cm³/mol. The molecule has 1 aliphatic rings. The minimum Gasteiger partial charge on any atom is -0.324 e. The van der Waals surface area contributed by atoms with E-state index < -0.39 is 0 Å². The van der Waals surface area contributed by atoms with E-state index in [0.717, 1.165) is 23.5 Å². The van der Waals surface area contributed by atoms with Crippen molar-refractivity contribution in [1.82, 2.24) is 4.90 Å². The summed E-state index contributed by atoms with van der Waals surface area (Å²) in [5.41, 5.74) is 8.10. The van der Waals surface area contributed by atoms with Crippen LogP contribution in [0.15, 0.2) is 28.7 Å². The van der Waals surface area contributed by atoms with Crippen molar-refractivity contribution >= 4 is 15.9 Å². The van der Waals surface area contributed by atoms with E-state index in [-0.39, 0.29) is 6.04 Å². The van der Waals surface area contributed by atoms with Crippen LogP contribution >= 0.6 is 15.9 Å². The fourth-order valence-corrected chi connectivity index (χ4v) is 3.49. The molecule has 1 aromatic rings. The van der Waals surface area contributed by atoms with E-state index in [9.17, 15) is 0 Å². The lowest BCUT2D eigenvalue weighted by Crippen LogP contribution is -2.38. The SMILES string of the molecule is CN(CCC(N)c1ccc(Br)cc1)C1CCC(C)(C)CC1. The summed E-state index contributed by atoms with van der Waals surface area (Å²) in [6.45, 7) is 5.88. The molecule has 21 heavy (non-hydrogen) atoms. The van der Waals surface area contributed by atoms with Gasteiger partial charge in [0.15, 0.2) is 0 Å². The van der Waals surface area contributed by atoms with Crippen LogP contribution in [0.5, 0.6) is 0 Å². The van der Waals surface area contributed by atoms with Gasteiger partial charge in [-0.2, -0.15) is 0 Å². The Labute approximate surface area is 138 Å². The van der Waals surface area contributed by atoms with Crippen LogP contribution in [-0.2, 0) is 0 Å². The van der Waals surface area contributed by atoms with Gasteiger partial charge >= 0.3 is 0 Å². The third-order valence-electron chi connectivity index (χ3n) is 5.02. The molecule has 2 rings (SSSR count). The van der Waals surface area contributed by atoms with Gasteiger partial charge in [-0.05, 0) is 68.8 Å². The largest absolute Gasteiger partial charge is 0.324 e. The Kier molecular flexibility index (Phi) is 5.87. The molecule has 0 radical (unpaired) electrons. The molecule has 118 valence electrons. The van der Waals surface area contributed by atoms with Gasteiger partial charge in [0.1, 0.15) is 0 Å². The van der Waals surface area contributed by atoms with Crippen LogP contribution in [0.4, 0.5) is 0 Å². The highest BCUT2D eigenvalue weighted by Crippen LogP contribution is 2.36. The molecule has 1 atom stereocenters. The summed E-state index contributed by atoms with van der Waals surface area (Å²) in [4.78, 5) is 2.52. The van der Waals surface area contributed by atoms with Gasteiger partial charge in [-0.25, -0.2) is 0 Å². The molecule has 2 nitrogen and oxygen atoms in total. The van der Waals surface area contributed by atoms with Crippen LogP contribution in [-0.4, -0.2) is 24.5 Å². The zero-order chi connectivity index (χ0) is 15.5. The second kappa shape index (κ2) is 7.26. The number of hydrogen-bond donors (Lipinski definition) is 1. The Morgan fingerprint density at radius 2 is 1.81 bits per heavy atom. The minimum absolute atomic E-state index is 0.139. The smallest absolute Gasteiger partial charge is 0.0307 e. The van der Waals surface area contributed by atoms with Crippen molar-refractivity contribution in [1.29, 1.82) is 0 Å². The highest BCUT2D eigenvalue weighted by Gasteiger charge is 2.28. The summed E-state index contributed by atoms with van der Waals surface area (Å²) < 4.78 is 1.11. The Morgan fingerprint density at radius 3 is 2.38 bits per heavy atom. The Morgan fingerprint density at radius 1 is 1.24 bits per heavy atom. The summed E-state index contributed by atoms with van der Waals surface area (Å²) in [5.74, 6) is 0. The van der Waals surface area contributed by atoms with Crippen molar-refractivity contribution in [2.75, 3.05) is 13.6 Å². The van der Waals surface area contributed by atoms with E-state index in [1.165, 1.54) is 31.2 Å². The molecule has 3 heteroatoms. The Balaban J connectivity index is 1.78. The first-order chi connectivity index (χ1) is 9.87. The predicted octanol–water partition coefficient (Wildman–Crippen LogP) is 4.74. The topological polar surface area (TPSA) is 29.3 Å². The average Bonchev–Trinajstić information content (AvgIpc) is 2.45. The van der Waals surface area contributed by atoms with E-state index in [2.05, 4.69) is 66.0 Å². The first-order valence-corrected chi connectivity index (χ1v) is 8.88. The molecule has 0 heterocycles. The van der Waals surface area contributed by atoms with Crippen molar-refractivity contribution < 1.29 is 0 Å². The summed E-state index contributed by atoms with van der Waals surface area (Å²) >= 11 is 3.47. The van der Waals surface area contributed by atoms with E-state index in [1.54, 1.807) is 0 Å². The number of nitrogens with two attached hydrogens (primary N) is 1. The highest BCUT2D eigenvalue weighted by molar-refractivity contribution is 9.10. The number of nitrogens with zero attached hydrogens (tertiary/aromatic N) is 1. The minimum atomic E-state index is 0.139. The van der Waals surface area contributed by atoms with Crippen LogP contribution in [0.25, 0.3) is 0 Å². The average molecular weight is 353 g/mol. The van der Waals surface area contributed by atoms with Gasteiger partial charge in [0, 0.05) is 16.6 Å². The Hall–Kier alpha value is -0.380. The van der Waals surface area contributed by atoms with E-state index >= 15 is 0 Å². The van der Waals surface area contributed by atoms with Crippen molar-refractivity contribution in [3.8, 4) is 0 Å². The van der Waals surface area contributed by atoms with E-state index in [0.29, 0.717) is 5.41 Å². The van der Waals surface area contributed by atoms with Gasteiger partial charge in [-0.15, -0.1) is 0 Å². The standard InChI is InChI=1S/C18H29BrN2/c1-18(2)11-8-16(9-12-18)21(3)13-10-17(20)14-4-6-15(19)7-5-14/h4-7,16-17H,8-13,20H2,1-3H3. The molecule has 2 N–H and O–H groups in total. The number of rotatable bonds is 5. The molecule has 1 fully saturated rings. The number of benzene rings is 1. The van der Waals surface area contributed by atoms with Crippen LogP contribution in [0.1, 0.15) is 57.6 Å². The zero-order valence-corrected chi connectivity index (χ0v) is 15.2. The van der Waals surface area contributed by atoms with E-state index in [1.807, 2.05) is 0 Å². The first-order valence-electron chi connectivity index (χ1n) is 8.09. The maximum absolute atomic E-state index is 6.32. The molecule has 0 aromatic heterocycles. The fourth-order valence-electron chi connectivity index (χ4n) is 3.23. The quantitative estimate of drug-likeness (QED) is 0.828. The fraction of sp³-hybridized carbons (Fsp3) is 0.667. The van der Waals surface area contributed by atoms with Gasteiger partial charge in [0.25, 0.3) is 0 Å². The summed E-state index contributed by atoms with van der Waals surface area (Å²) in [6.07, 6.45) is 6.38. The van der Waals surface area contributed by atoms with Crippen molar-refractivity contribution in [3.63, 3.8) is 0 Å². The molecule has 0 bridgehead atoms. The molecule has 0 saturated heterocycles. The van der Waals surface area contributed by atoms with Crippen molar-refractivity contribution in [3.05, 3.63) is 34.3 Å². The lowest BCUT2D eigenvalue weighted by atomic mass is 9.75. The molecular formula is C18H29BrN2.